The quantitative estimate of drug-likeness (QED) is 0.586. The van der Waals surface area contributed by atoms with Gasteiger partial charge in [0.1, 0.15) is 11.1 Å². The van der Waals surface area contributed by atoms with Crippen LogP contribution in [-0.4, -0.2) is 15.4 Å². The van der Waals surface area contributed by atoms with Gasteiger partial charge in [0.05, 0.1) is 4.87 Å². The third-order valence-corrected chi connectivity index (χ3v) is 2.76. The molecule has 0 aliphatic heterocycles. The lowest BCUT2D eigenvalue weighted by Crippen LogP contribution is -2.31. The highest BCUT2D eigenvalue weighted by molar-refractivity contribution is 6.34. The van der Waals surface area contributed by atoms with Crippen molar-refractivity contribution < 1.29 is 5.11 Å². The smallest absolute Gasteiger partial charge is 0.113 e. The number of rotatable bonds is 0. The number of aliphatic hydroxyl groups excluding tert-OH is 1. The van der Waals surface area contributed by atoms with Gasteiger partial charge in [-0.05, 0) is 25.5 Å². The molecule has 0 fully saturated rings. The zero-order valence-electron chi connectivity index (χ0n) is 6.44. The molecule has 3 heteroatoms. The minimum atomic E-state index is -0.662. The Hall–Kier alpha value is -0.140. The van der Waals surface area contributed by atoms with Crippen molar-refractivity contribution in [3.05, 3.63) is 23.5 Å². The third kappa shape index (κ3) is 1.71. The van der Waals surface area contributed by atoms with Crippen LogP contribution in [0.5, 0.6) is 0 Å². The maximum Gasteiger partial charge on any atom is 0.113 e. The van der Waals surface area contributed by atoms with Gasteiger partial charge in [0.25, 0.3) is 0 Å². The average molecular weight is 193 g/mol. The highest BCUT2D eigenvalue weighted by Gasteiger charge is 2.33. The molecule has 0 saturated carbocycles. The van der Waals surface area contributed by atoms with Crippen LogP contribution in [0.15, 0.2) is 23.5 Å². The first-order valence-corrected chi connectivity index (χ1v) is 4.18. The molecule has 0 bridgehead atoms. The van der Waals surface area contributed by atoms with E-state index in [2.05, 4.69) is 0 Å². The highest BCUT2D eigenvalue weighted by atomic mass is 35.5. The topological polar surface area (TPSA) is 20.2 Å². The van der Waals surface area contributed by atoms with Crippen molar-refractivity contribution >= 4 is 23.2 Å². The Morgan fingerprint density at radius 3 is 2.64 bits per heavy atom. The molecule has 0 amide bonds. The van der Waals surface area contributed by atoms with Crippen LogP contribution < -0.4 is 0 Å². The predicted molar refractivity (Wildman–Crippen MR) is 48.4 cm³/mol. The van der Waals surface area contributed by atoms with E-state index < -0.39 is 10.3 Å². The van der Waals surface area contributed by atoms with E-state index >= 15 is 0 Å². The number of halogens is 2. The summed E-state index contributed by atoms with van der Waals surface area (Å²) < 4.78 is 0. The van der Waals surface area contributed by atoms with Gasteiger partial charge in [-0.1, -0.05) is 6.08 Å². The third-order valence-electron chi connectivity index (χ3n) is 1.64. The van der Waals surface area contributed by atoms with Gasteiger partial charge in [-0.2, -0.15) is 0 Å². The lowest BCUT2D eigenvalue weighted by atomic mass is 9.96. The molecule has 0 saturated heterocycles. The summed E-state index contributed by atoms with van der Waals surface area (Å²) in [6.45, 7) is 3.65. The van der Waals surface area contributed by atoms with Crippen LogP contribution in [0.2, 0.25) is 0 Å². The fraction of sp³-hybridized carbons (Fsp3) is 0.500. The van der Waals surface area contributed by atoms with Crippen molar-refractivity contribution in [3.63, 3.8) is 0 Å². The number of alkyl halides is 2. The molecule has 1 rings (SSSR count). The minimum Gasteiger partial charge on any atom is -0.511 e. The van der Waals surface area contributed by atoms with Gasteiger partial charge in [-0.15, -0.1) is 23.2 Å². The first-order valence-electron chi connectivity index (χ1n) is 3.36. The summed E-state index contributed by atoms with van der Waals surface area (Å²) in [6, 6.07) is 0. The number of allylic oxidation sites excluding steroid dienone is 4. The highest BCUT2D eigenvalue weighted by Crippen LogP contribution is 2.34. The van der Waals surface area contributed by atoms with Gasteiger partial charge in [-0.3, -0.25) is 0 Å². The van der Waals surface area contributed by atoms with Crippen LogP contribution >= 0.6 is 23.2 Å². The molecule has 0 aromatic carbocycles. The largest absolute Gasteiger partial charge is 0.511 e. The summed E-state index contributed by atoms with van der Waals surface area (Å²) in [4.78, 5) is -0.662. The maximum absolute atomic E-state index is 9.29. The van der Waals surface area contributed by atoms with E-state index in [0.717, 1.165) is 5.57 Å². The van der Waals surface area contributed by atoms with Crippen molar-refractivity contribution in [1.82, 2.24) is 0 Å². The van der Waals surface area contributed by atoms with E-state index in [0.29, 0.717) is 0 Å². The minimum absolute atomic E-state index is 0.143. The molecular formula is C8H10Cl2O. The summed E-state index contributed by atoms with van der Waals surface area (Å²) >= 11 is 11.8. The Kier molecular flexibility index (Phi) is 2.22. The summed E-state index contributed by atoms with van der Waals surface area (Å²) in [6.07, 6.45) is 3.47. The van der Waals surface area contributed by atoms with E-state index in [-0.39, 0.29) is 5.76 Å². The lowest BCUT2D eigenvalue weighted by Gasteiger charge is -2.27. The summed E-state index contributed by atoms with van der Waals surface area (Å²) in [5, 5.41) is 8.77. The monoisotopic (exact) mass is 192 g/mol. The van der Waals surface area contributed by atoms with Crippen molar-refractivity contribution in [2.75, 3.05) is 0 Å². The molecule has 11 heavy (non-hydrogen) atoms. The maximum atomic E-state index is 9.29. The van der Waals surface area contributed by atoms with Crippen LogP contribution in [0.3, 0.4) is 0 Å². The SMILES string of the molecule is CC1=CC(C)(Cl)C(Cl)C(O)=C1. The Labute approximate surface area is 76.3 Å². The van der Waals surface area contributed by atoms with Gasteiger partial charge in [0.2, 0.25) is 0 Å². The Morgan fingerprint density at radius 2 is 2.18 bits per heavy atom. The Balaban J connectivity index is 3.01. The first-order chi connectivity index (χ1) is 4.93. The standard InChI is InChI=1S/C8H10Cl2O/c1-5-3-6(11)7(9)8(2,10)4-5/h3-4,7,11H,1-2H3. The Bertz CT molecular complexity index is 228. The van der Waals surface area contributed by atoms with Crippen molar-refractivity contribution in [3.8, 4) is 0 Å². The van der Waals surface area contributed by atoms with E-state index in [1.807, 2.05) is 13.0 Å². The zero-order valence-corrected chi connectivity index (χ0v) is 7.95. The molecule has 2 atom stereocenters. The average Bonchev–Trinajstić information content (AvgIpc) is 1.81. The zero-order chi connectivity index (χ0) is 8.65. The van der Waals surface area contributed by atoms with Gasteiger partial charge in [0, 0.05) is 0 Å². The second-order valence-electron chi connectivity index (χ2n) is 2.97. The van der Waals surface area contributed by atoms with E-state index in [4.69, 9.17) is 23.2 Å². The molecule has 2 unspecified atom stereocenters. The fourth-order valence-electron chi connectivity index (χ4n) is 1.16. The van der Waals surface area contributed by atoms with Crippen LogP contribution in [0.1, 0.15) is 13.8 Å². The van der Waals surface area contributed by atoms with Gasteiger partial charge >= 0.3 is 0 Å². The van der Waals surface area contributed by atoms with E-state index in [9.17, 15) is 5.11 Å². The molecule has 1 nitrogen and oxygen atoms in total. The van der Waals surface area contributed by atoms with Crippen LogP contribution in [0.25, 0.3) is 0 Å². The number of hydrogen-bond donors (Lipinski definition) is 1. The molecule has 0 radical (unpaired) electrons. The van der Waals surface area contributed by atoms with Crippen molar-refractivity contribution in [1.29, 1.82) is 0 Å². The van der Waals surface area contributed by atoms with Crippen molar-refractivity contribution in [2.45, 2.75) is 24.1 Å². The Morgan fingerprint density at radius 1 is 1.64 bits per heavy atom. The normalized spacial score (nSPS) is 38.0. The molecule has 0 heterocycles. The second-order valence-corrected chi connectivity index (χ2v) is 4.22. The first kappa shape index (κ1) is 8.95. The second kappa shape index (κ2) is 2.72. The number of hydrogen-bond acceptors (Lipinski definition) is 1. The predicted octanol–water partition coefficient (Wildman–Crippen LogP) is 2.99. The fourth-order valence-corrected chi connectivity index (χ4v) is 1.57. The van der Waals surface area contributed by atoms with Gasteiger partial charge in [0.15, 0.2) is 0 Å². The van der Waals surface area contributed by atoms with Crippen LogP contribution in [-0.2, 0) is 0 Å². The molecule has 0 spiro atoms. The summed E-state index contributed by atoms with van der Waals surface area (Å²) in [5.74, 6) is 0.143. The van der Waals surface area contributed by atoms with Crippen LogP contribution in [0.4, 0.5) is 0 Å². The summed E-state index contributed by atoms with van der Waals surface area (Å²) in [5.41, 5.74) is 0.942. The van der Waals surface area contributed by atoms with Crippen molar-refractivity contribution in [2.24, 2.45) is 0 Å². The molecule has 0 aromatic heterocycles. The molecule has 1 aliphatic carbocycles. The molecule has 1 aliphatic rings. The molecule has 0 aromatic rings. The molecule has 62 valence electrons. The van der Waals surface area contributed by atoms with Crippen LogP contribution in [0, 0.1) is 0 Å². The lowest BCUT2D eigenvalue weighted by molar-refractivity contribution is 0.377. The summed E-state index contributed by atoms with van der Waals surface area (Å²) in [7, 11) is 0. The number of aliphatic hydroxyl groups is 1. The molecular weight excluding hydrogens is 183 g/mol. The van der Waals surface area contributed by atoms with E-state index in [1.165, 1.54) is 0 Å². The van der Waals surface area contributed by atoms with Gasteiger partial charge < -0.3 is 5.11 Å². The van der Waals surface area contributed by atoms with E-state index in [1.54, 1.807) is 13.0 Å². The molecule has 1 N–H and O–H groups in total. The van der Waals surface area contributed by atoms with Gasteiger partial charge in [-0.25, -0.2) is 0 Å².